The number of methoxy groups -OCH3 is 1. The number of amides is 1. The number of benzene rings is 3. The normalized spacial score (nSPS) is 14.8. The zero-order chi connectivity index (χ0) is 22.7. The van der Waals surface area contributed by atoms with E-state index >= 15 is 0 Å². The molecule has 0 atom stereocenters. The summed E-state index contributed by atoms with van der Waals surface area (Å²) in [6.07, 6.45) is 1.76. The third-order valence-electron chi connectivity index (χ3n) is 4.65. The van der Waals surface area contributed by atoms with Crippen molar-refractivity contribution in [2.45, 2.75) is 6.61 Å². The lowest BCUT2D eigenvalue weighted by Gasteiger charge is -2.14. The third-order valence-corrected chi connectivity index (χ3v) is 6.96. The molecule has 162 valence electrons. The molecule has 0 aromatic heterocycles. The number of hydrogen-bond acceptors (Lipinski definition) is 5. The largest absolute Gasteiger partial charge is 0.493 e. The number of carbonyl (C=O) groups is 1. The zero-order valence-electron chi connectivity index (χ0n) is 16.9. The number of rotatable bonds is 6. The van der Waals surface area contributed by atoms with E-state index in [1.807, 2.05) is 54.6 Å². The molecular weight excluding hydrogens is 577 g/mol. The van der Waals surface area contributed by atoms with Gasteiger partial charge in [-0.3, -0.25) is 9.69 Å². The fraction of sp³-hybridized carbons (Fsp3) is 0.0833. The Bertz CT molecular complexity index is 1200. The molecule has 0 unspecified atom stereocenters. The van der Waals surface area contributed by atoms with Gasteiger partial charge in [0.05, 0.1) is 22.7 Å². The summed E-state index contributed by atoms with van der Waals surface area (Å²) in [5.74, 6) is 0.787. The number of anilines is 1. The minimum atomic E-state index is -0.166. The number of carbonyl (C=O) groups excluding carboxylic acids is 1. The highest BCUT2D eigenvalue weighted by atomic mass is 127. The highest BCUT2D eigenvalue weighted by molar-refractivity contribution is 14.1. The van der Waals surface area contributed by atoms with Crippen molar-refractivity contribution in [2.75, 3.05) is 12.0 Å². The summed E-state index contributed by atoms with van der Waals surface area (Å²) in [4.78, 5) is 15.0. The molecule has 1 saturated heterocycles. The minimum absolute atomic E-state index is 0.166. The average Bonchev–Trinajstić information content (AvgIpc) is 3.07. The number of para-hydroxylation sites is 1. The van der Waals surface area contributed by atoms with E-state index in [4.69, 9.17) is 33.3 Å². The fourth-order valence-electron chi connectivity index (χ4n) is 3.12. The van der Waals surface area contributed by atoms with E-state index in [9.17, 15) is 4.79 Å². The molecule has 3 aromatic carbocycles. The van der Waals surface area contributed by atoms with Crippen molar-refractivity contribution in [1.82, 2.24) is 0 Å². The van der Waals surface area contributed by atoms with Gasteiger partial charge in [0.1, 0.15) is 6.61 Å². The Hall–Kier alpha value is -2.07. The monoisotopic (exact) mass is 593 g/mol. The highest BCUT2D eigenvalue weighted by Crippen LogP contribution is 2.40. The average molecular weight is 594 g/mol. The van der Waals surface area contributed by atoms with Gasteiger partial charge in [-0.15, -0.1) is 0 Å². The molecule has 1 fully saturated rings. The van der Waals surface area contributed by atoms with Crippen LogP contribution in [0.5, 0.6) is 11.5 Å². The second-order valence-electron chi connectivity index (χ2n) is 6.80. The van der Waals surface area contributed by atoms with Crippen LogP contribution in [0.3, 0.4) is 0 Å². The highest BCUT2D eigenvalue weighted by Gasteiger charge is 2.33. The summed E-state index contributed by atoms with van der Waals surface area (Å²) in [5.41, 5.74) is 2.49. The summed E-state index contributed by atoms with van der Waals surface area (Å²) in [6, 6.07) is 20.9. The van der Waals surface area contributed by atoms with Crippen molar-refractivity contribution in [1.29, 1.82) is 0 Å². The van der Waals surface area contributed by atoms with Crippen LogP contribution in [0.25, 0.3) is 6.08 Å². The molecule has 0 radical (unpaired) electrons. The van der Waals surface area contributed by atoms with Crippen LogP contribution in [-0.2, 0) is 11.4 Å². The van der Waals surface area contributed by atoms with Crippen molar-refractivity contribution in [3.05, 3.63) is 91.4 Å². The van der Waals surface area contributed by atoms with Crippen molar-refractivity contribution >= 4 is 80.2 Å². The standard InChI is InChI=1S/C24H17ClINO3S2/c1-29-20-12-16(11-19(25)22(20)30-14-15-7-9-17(26)10-8-15)13-21-23(28)27(24(31)32-21)18-5-3-2-4-6-18/h2-13H,14H2,1H3/b21-13+. The summed E-state index contributed by atoms with van der Waals surface area (Å²) in [6.45, 7) is 0.363. The molecule has 0 N–H and O–H groups in total. The Balaban J connectivity index is 1.57. The number of hydrogen-bond donors (Lipinski definition) is 0. The molecular formula is C24H17ClINO3S2. The van der Waals surface area contributed by atoms with E-state index in [1.165, 1.54) is 16.7 Å². The van der Waals surface area contributed by atoms with Gasteiger partial charge < -0.3 is 9.47 Å². The molecule has 1 aliphatic rings. The Morgan fingerprint density at radius 1 is 1.12 bits per heavy atom. The maximum Gasteiger partial charge on any atom is 0.270 e. The number of thiocarbonyl (C=S) groups is 1. The zero-order valence-corrected chi connectivity index (χ0v) is 21.4. The Morgan fingerprint density at radius 3 is 2.53 bits per heavy atom. The lowest BCUT2D eigenvalue weighted by molar-refractivity contribution is -0.113. The molecule has 1 heterocycles. The number of halogens is 2. The topological polar surface area (TPSA) is 38.8 Å². The SMILES string of the molecule is COc1cc(/C=C2/SC(=S)N(c3ccccc3)C2=O)cc(Cl)c1OCc1ccc(I)cc1. The first-order valence-electron chi connectivity index (χ1n) is 9.54. The van der Waals surface area contributed by atoms with Crippen LogP contribution in [0.4, 0.5) is 5.69 Å². The Labute approximate surface area is 214 Å². The summed E-state index contributed by atoms with van der Waals surface area (Å²) >= 11 is 15.5. The quantitative estimate of drug-likeness (QED) is 0.176. The van der Waals surface area contributed by atoms with Gasteiger partial charge in [0.25, 0.3) is 5.91 Å². The van der Waals surface area contributed by atoms with Crippen molar-refractivity contribution in [2.24, 2.45) is 0 Å². The second-order valence-corrected chi connectivity index (χ2v) is 10.1. The van der Waals surface area contributed by atoms with Crippen LogP contribution >= 0.6 is 58.2 Å². The van der Waals surface area contributed by atoms with Crippen LogP contribution in [-0.4, -0.2) is 17.3 Å². The minimum Gasteiger partial charge on any atom is -0.493 e. The first-order valence-corrected chi connectivity index (χ1v) is 12.2. The molecule has 1 amide bonds. The molecule has 32 heavy (non-hydrogen) atoms. The van der Waals surface area contributed by atoms with Gasteiger partial charge >= 0.3 is 0 Å². The van der Waals surface area contributed by atoms with Crippen LogP contribution in [0.2, 0.25) is 5.02 Å². The maximum absolute atomic E-state index is 13.0. The van der Waals surface area contributed by atoms with Gasteiger partial charge in [0, 0.05) is 3.57 Å². The van der Waals surface area contributed by atoms with Gasteiger partial charge in [-0.05, 0) is 76.2 Å². The molecule has 4 nitrogen and oxygen atoms in total. The second kappa shape index (κ2) is 10.2. The van der Waals surface area contributed by atoms with Crippen molar-refractivity contribution in [3.8, 4) is 11.5 Å². The fourth-order valence-corrected chi connectivity index (χ4v) is 5.05. The molecule has 0 bridgehead atoms. The van der Waals surface area contributed by atoms with Crippen LogP contribution in [0, 0.1) is 3.57 Å². The van der Waals surface area contributed by atoms with Gasteiger partial charge in [-0.25, -0.2) is 0 Å². The van der Waals surface area contributed by atoms with Gasteiger partial charge in [0.2, 0.25) is 0 Å². The van der Waals surface area contributed by atoms with E-state index in [2.05, 4.69) is 22.6 Å². The summed E-state index contributed by atoms with van der Waals surface area (Å²) in [7, 11) is 1.56. The number of thioether (sulfide) groups is 1. The summed E-state index contributed by atoms with van der Waals surface area (Å²) in [5, 5.41) is 0.402. The molecule has 0 aliphatic carbocycles. The van der Waals surface area contributed by atoms with E-state index < -0.39 is 0 Å². The van der Waals surface area contributed by atoms with Gasteiger partial charge in [-0.1, -0.05) is 65.9 Å². The van der Waals surface area contributed by atoms with Crippen molar-refractivity contribution in [3.63, 3.8) is 0 Å². The lowest BCUT2D eigenvalue weighted by atomic mass is 10.1. The van der Waals surface area contributed by atoms with Gasteiger partial charge in [0.15, 0.2) is 15.8 Å². The maximum atomic E-state index is 13.0. The number of ether oxygens (including phenoxy) is 2. The Morgan fingerprint density at radius 2 is 1.84 bits per heavy atom. The molecule has 0 spiro atoms. The predicted molar refractivity (Wildman–Crippen MR) is 144 cm³/mol. The number of nitrogens with zero attached hydrogens (tertiary/aromatic N) is 1. The van der Waals surface area contributed by atoms with Crippen LogP contribution in [0.1, 0.15) is 11.1 Å². The van der Waals surface area contributed by atoms with Crippen molar-refractivity contribution < 1.29 is 14.3 Å². The van der Waals surface area contributed by atoms with E-state index in [0.717, 1.165) is 20.4 Å². The van der Waals surface area contributed by atoms with Crippen LogP contribution in [0.15, 0.2) is 71.6 Å². The van der Waals surface area contributed by atoms with E-state index in [-0.39, 0.29) is 5.91 Å². The predicted octanol–water partition coefficient (Wildman–Crippen LogP) is 6.94. The Kier molecular flexibility index (Phi) is 7.40. The molecule has 1 aliphatic heterocycles. The molecule has 0 saturated carbocycles. The van der Waals surface area contributed by atoms with Gasteiger partial charge in [-0.2, -0.15) is 0 Å². The van der Waals surface area contributed by atoms with E-state index in [1.54, 1.807) is 25.3 Å². The molecule has 3 aromatic rings. The summed E-state index contributed by atoms with van der Waals surface area (Å²) < 4.78 is 13.1. The third kappa shape index (κ3) is 5.11. The lowest BCUT2D eigenvalue weighted by Crippen LogP contribution is -2.27. The smallest absolute Gasteiger partial charge is 0.270 e. The molecule has 8 heteroatoms. The van der Waals surface area contributed by atoms with E-state index in [0.29, 0.717) is 32.4 Å². The first-order chi connectivity index (χ1) is 15.5. The first kappa shape index (κ1) is 23.1. The molecule has 4 rings (SSSR count). The van der Waals surface area contributed by atoms with Crippen LogP contribution < -0.4 is 14.4 Å².